The lowest BCUT2D eigenvalue weighted by Gasteiger charge is -2.47. The molecular weight excluding hydrogens is 304 g/mol. The molecule has 1 fully saturated rings. The molecular formula is C19H30N2O3. The van der Waals surface area contributed by atoms with Gasteiger partial charge in [0.1, 0.15) is 17.5 Å². The van der Waals surface area contributed by atoms with Crippen molar-refractivity contribution in [3.63, 3.8) is 0 Å². The number of piperidine rings is 1. The molecule has 2 aliphatic rings. The number of oxime groups is 1. The molecule has 0 spiro atoms. The largest absolute Gasteiger partial charge is 0.485 e. The molecule has 24 heavy (non-hydrogen) atoms. The average molecular weight is 334 g/mol. The summed E-state index contributed by atoms with van der Waals surface area (Å²) in [6, 6.07) is 5.72. The summed E-state index contributed by atoms with van der Waals surface area (Å²) >= 11 is 0. The standard InChI is InChI=1S/C18H26N2O3.CH4/c1-12(19-22)13-7-8-15-14(11-13)16(17(21)18(2,3)23-15)20-9-5-4-6-10-20;/h7-8,11,16-17,21-22H,4-6,9-10H2,1-3H3;1H4/t16-,17+;/m1./s1. The third kappa shape index (κ3) is 3.28. The van der Waals surface area contributed by atoms with Crippen LogP contribution in [0.15, 0.2) is 23.4 Å². The lowest BCUT2D eigenvalue weighted by molar-refractivity contribution is -0.0961. The normalized spacial score (nSPS) is 26.9. The highest BCUT2D eigenvalue weighted by Crippen LogP contribution is 2.44. The van der Waals surface area contributed by atoms with Gasteiger partial charge in [-0.05, 0) is 70.5 Å². The van der Waals surface area contributed by atoms with Crippen molar-refractivity contribution in [3.05, 3.63) is 29.3 Å². The maximum atomic E-state index is 10.9. The van der Waals surface area contributed by atoms with E-state index in [0.29, 0.717) is 5.71 Å². The second-order valence-electron chi connectivity index (χ2n) is 7.13. The van der Waals surface area contributed by atoms with Crippen LogP contribution in [-0.4, -0.2) is 45.7 Å². The molecule has 0 bridgehead atoms. The molecule has 5 heteroatoms. The first-order chi connectivity index (χ1) is 10.9. The summed E-state index contributed by atoms with van der Waals surface area (Å²) in [5, 5.41) is 23.3. The average Bonchev–Trinajstić information content (AvgIpc) is 2.55. The first kappa shape index (κ1) is 18.7. The summed E-state index contributed by atoms with van der Waals surface area (Å²) in [6.07, 6.45) is 2.98. The number of rotatable bonds is 2. The maximum Gasteiger partial charge on any atom is 0.131 e. The molecule has 0 radical (unpaired) electrons. The third-order valence-corrected chi connectivity index (χ3v) is 5.06. The minimum absolute atomic E-state index is 0. The Kier molecular flexibility index (Phi) is 5.56. The van der Waals surface area contributed by atoms with Crippen LogP contribution in [-0.2, 0) is 0 Å². The van der Waals surface area contributed by atoms with Gasteiger partial charge in [0, 0.05) is 5.56 Å². The van der Waals surface area contributed by atoms with E-state index in [1.807, 2.05) is 32.0 Å². The second-order valence-corrected chi connectivity index (χ2v) is 7.13. The molecule has 2 N–H and O–H groups in total. The molecule has 0 unspecified atom stereocenters. The van der Waals surface area contributed by atoms with Crippen LogP contribution in [0.1, 0.15) is 64.6 Å². The molecule has 134 valence electrons. The molecule has 3 rings (SSSR count). The Bertz CT molecular complexity index is 607. The predicted molar refractivity (Wildman–Crippen MR) is 96.0 cm³/mol. The number of hydrogen-bond acceptors (Lipinski definition) is 5. The third-order valence-electron chi connectivity index (χ3n) is 5.06. The van der Waals surface area contributed by atoms with Crippen LogP contribution in [0.5, 0.6) is 5.75 Å². The van der Waals surface area contributed by atoms with Gasteiger partial charge in [-0.3, -0.25) is 4.90 Å². The zero-order valence-corrected chi connectivity index (χ0v) is 14.1. The molecule has 5 nitrogen and oxygen atoms in total. The fourth-order valence-corrected chi connectivity index (χ4v) is 3.64. The molecule has 2 aliphatic heterocycles. The van der Waals surface area contributed by atoms with Gasteiger partial charge in [-0.1, -0.05) is 19.0 Å². The van der Waals surface area contributed by atoms with E-state index in [0.717, 1.165) is 42.8 Å². The number of fused-ring (bicyclic) bond motifs is 1. The second kappa shape index (κ2) is 7.11. The van der Waals surface area contributed by atoms with Gasteiger partial charge < -0.3 is 15.1 Å². The fourth-order valence-electron chi connectivity index (χ4n) is 3.64. The van der Waals surface area contributed by atoms with Gasteiger partial charge in [0.25, 0.3) is 0 Å². The number of likely N-dealkylation sites (tertiary alicyclic amines) is 1. The van der Waals surface area contributed by atoms with Crippen molar-refractivity contribution in [1.82, 2.24) is 4.90 Å². The highest BCUT2D eigenvalue weighted by atomic mass is 16.5. The summed E-state index contributed by atoms with van der Waals surface area (Å²) in [5.74, 6) is 0.811. The minimum atomic E-state index is -0.628. The molecule has 0 saturated carbocycles. The summed E-state index contributed by atoms with van der Waals surface area (Å²) in [7, 11) is 0. The summed E-state index contributed by atoms with van der Waals surface area (Å²) in [6.45, 7) is 7.63. The monoisotopic (exact) mass is 334 g/mol. The quantitative estimate of drug-likeness (QED) is 0.493. The Morgan fingerprint density at radius 3 is 2.54 bits per heavy atom. The molecule has 0 amide bonds. The van der Waals surface area contributed by atoms with E-state index >= 15 is 0 Å². The van der Waals surface area contributed by atoms with Crippen molar-refractivity contribution < 1.29 is 15.1 Å². The molecule has 1 aromatic rings. The molecule has 1 saturated heterocycles. The zero-order chi connectivity index (χ0) is 16.6. The number of aliphatic hydroxyl groups excluding tert-OH is 1. The van der Waals surface area contributed by atoms with Gasteiger partial charge in [-0.2, -0.15) is 0 Å². The van der Waals surface area contributed by atoms with E-state index in [4.69, 9.17) is 9.94 Å². The van der Waals surface area contributed by atoms with Gasteiger partial charge >= 0.3 is 0 Å². The van der Waals surface area contributed by atoms with Crippen LogP contribution in [0.3, 0.4) is 0 Å². The Morgan fingerprint density at radius 2 is 1.92 bits per heavy atom. The molecule has 0 aliphatic carbocycles. The van der Waals surface area contributed by atoms with Crippen LogP contribution >= 0.6 is 0 Å². The van der Waals surface area contributed by atoms with E-state index in [9.17, 15) is 5.11 Å². The van der Waals surface area contributed by atoms with Crippen molar-refractivity contribution in [2.24, 2.45) is 5.16 Å². The Hall–Kier alpha value is -1.59. The van der Waals surface area contributed by atoms with Crippen LogP contribution in [0.25, 0.3) is 0 Å². The molecule has 2 atom stereocenters. The van der Waals surface area contributed by atoms with Crippen LogP contribution in [0.2, 0.25) is 0 Å². The van der Waals surface area contributed by atoms with E-state index in [1.165, 1.54) is 6.42 Å². The highest BCUT2D eigenvalue weighted by molar-refractivity contribution is 5.98. The van der Waals surface area contributed by atoms with Crippen molar-refractivity contribution >= 4 is 5.71 Å². The maximum absolute atomic E-state index is 10.9. The Balaban J connectivity index is 0.00000208. The van der Waals surface area contributed by atoms with Crippen LogP contribution in [0, 0.1) is 0 Å². The van der Waals surface area contributed by atoms with E-state index in [2.05, 4.69) is 10.1 Å². The number of hydrogen-bond donors (Lipinski definition) is 2. The zero-order valence-electron chi connectivity index (χ0n) is 14.1. The van der Waals surface area contributed by atoms with Crippen molar-refractivity contribution in [3.8, 4) is 5.75 Å². The SMILES string of the molecule is C.CC(=NO)c1ccc2c(c1)[C@@H](N1CCCCC1)[C@H](O)C(C)(C)O2. The van der Waals surface area contributed by atoms with Gasteiger partial charge in [0.05, 0.1) is 11.8 Å². The molecule has 2 heterocycles. The van der Waals surface area contributed by atoms with Crippen molar-refractivity contribution in [1.29, 1.82) is 0 Å². The molecule has 1 aromatic carbocycles. The Morgan fingerprint density at radius 1 is 1.25 bits per heavy atom. The van der Waals surface area contributed by atoms with Gasteiger partial charge in [-0.25, -0.2) is 0 Å². The minimum Gasteiger partial charge on any atom is -0.485 e. The first-order valence-electron chi connectivity index (χ1n) is 8.38. The predicted octanol–water partition coefficient (Wildman–Crippen LogP) is 3.58. The summed E-state index contributed by atoms with van der Waals surface area (Å²) in [5.41, 5.74) is 1.77. The Labute approximate surface area is 144 Å². The first-order valence-corrected chi connectivity index (χ1v) is 8.38. The number of benzene rings is 1. The number of aliphatic hydroxyl groups is 1. The number of ether oxygens (including phenoxy) is 1. The fraction of sp³-hybridized carbons (Fsp3) is 0.632. The van der Waals surface area contributed by atoms with Crippen molar-refractivity contribution in [2.75, 3.05) is 13.1 Å². The lowest BCUT2D eigenvalue weighted by Crippen LogP contribution is -2.54. The van der Waals surface area contributed by atoms with E-state index in [1.54, 1.807) is 6.92 Å². The summed E-state index contributed by atoms with van der Waals surface area (Å²) < 4.78 is 6.04. The van der Waals surface area contributed by atoms with Crippen LogP contribution in [0.4, 0.5) is 0 Å². The van der Waals surface area contributed by atoms with Crippen LogP contribution < -0.4 is 4.74 Å². The molecule has 0 aromatic heterocycles. The lowest BCUT2D eigenvalue weighted by atomic mass is 9.84. The number of nitrogens with zero attached hydrogens (tertiary/aromatic N) is 2. The van der Waals surface area contributed by atoms with E-state index in [-0.39, 0.29) is 13.5 Å². The van der Waals surface area contributed by atoms with Gasteiger partial charge in [-0.15, -0.1) is 0 Å². The highest BCUT2D eigenvalue weighted by Gasteiger charge is 2.45. The smallest absolute Gasteiger partial charge is 0.131 e. The van der Waals surface area contributed by atoms with Gasteiger partial charge in [0.2, 0.25) is 0 Å². The topological polar surface area (TPSA) is 65.3 Å². The summed E-state index contributed by atoms with van der Waals surface area (Å²) in [4.78, 5) is 2.37. The van der Waals surface area contributed by atoms with Gasteiger partial charge in [0.15, 0.2) is 0 Å². The van der Waals surface area contributed by atoms with E-state index < -0.39 is 11.7 Å². The van der Waals surface area contributed by atoms with Crippen molar-refractivity contribution in [2.45, 2.75) is 65.2 Å².